The molecule has 0 saturated carbocycles. The minimum Gasteiger partial charge on any atom is -0.497 e. The van der Waals surface area contributed by atoms with Gasteiger partial charge in [0.25, 0.3) is 5.91 Å². The van der Waals surface area contributed by atoms with Gasteiger partial charge in [-0.25, -0.2) is 10.4 Å². The topological polar surface area (TPSA) is 111 Å². The molecule has 0 radical (unpaired) electrons. The molecule has 0 saturated heterocycles. The third kappa shape index (κ3) is 8.58. The van der Waals surface area contributed by atoms with Crippen LogP contribution in [0.3, 0.4) is 0 Å². The quantitative estimate of drug-likeness (QED) is 0.107. The molecule has 2 atom stereocenters. The first-order chi connectivity index (χ1) is 23.0. The van der Waals surface area contributed by atoms with E-state index in [1.54, 1.807) is 14.2 Å². The van der Waals surface area contributed by atoms with Crippen molar-refractivity contribution < 1.29 is 28.8 Å². The number of nitrogens with zero attached hydrogens (tertiary/aromatic N) is 1. The van der Waals surface area contributed by atoms with Crippen LogP contribution in [-0.2, 0) is 16.0 Å². The van der Waals surface area contributed by atoms with E-state index in [0.29, 0.717) is 49.0 Å². The number of ether oxygens (including phenoxy) is 4. The maximum Gasteiger partial charge on any atom is 0.266 e. The lowest BCUT2D eigenvalue weighted by Gasteiger charge is -2.30. The van der Waals surface area contributed by atoms with Crippen LogP contribution < -0.4 is 25.1 Å². The molecule has 9 heteroatoms. The fourth-order valence-corrected chi connectivity index (χ4v) is 5.31. The van der Waals surface area contributed by atoms with Crippen LogP contribution in [0.5, 0.6) is 17.2 Å². The van der Waals surface area contributed by atoms with E-state index < -0.39 is 11.6 Å². The van der Waals surface area contributed by atoms with Gasteiger partial charge in [-0.15, -0.1) is 0 Å². The number of benzene rings is 4. The van der Waals surface area contributed by atoms with E-state index in [4.69, 9.17) is 29.0 Å². The van der Waals surface area contributed by atoms with Crippen LogP contribution in [0.15, 0.2) is 114 Å². The van der Waals surface area contributed by atoms with Crippen LogP contribution in [-0.4, -0.2) is 56.4 Å². The van der Waals surface area contributed by atoms with Gasteiger partial charge in [-0.3, -0.25) is 10.2 Å². The number of aliphatic hydroxyl groups excluding tert-OH is 1. The van der Waals surface area contributed by atoms with Gasteiger partial charge in [0.05, 0.1) is 20.8 Å². The summed E-state index contributed by atoms with van der Waals surface area (Å²) < 4.78 is 23.1. The Bertz CT molecular complexity index is 1640. The molecule has 1 aliphatic rings. The van der Waals surface area contributed by atoms with E-state index in [9.17, 15) is 4.79 Å². The van der Waals surface area contributed by atoms with Crippen LogP contribution in [0, 0.1) is 0 Å². The number of aliphatic imine (C=N–C) groups is 1. The summed E-state index contributed by atoms with van der Waals surface area (Å²) in [7, 11) is 3.25. The Morgan fingerprint density at radius 3 is 2.38 bits per heavy atom. The lowest BCUT2D eigenvalue weighted by atomic mass is 9.84. The van der Waals surface area contributed by atoms with Crippen LogP contribution in [0.4, 0.5) is 0 Å². The van der Waals surface area contributed by atoms with E-state index >= 15 is 0 Å². The number of nitrogens with one attached hydrogen (secondary N) is 2. The van der Waals surface area contributed by atoms with Crippen LogP contribution >= 0.6 is 0 Å². The summed E-state index contributed by atoms with van der Waals surface area (Å²) >= 11 is 0. The third-order valence-electron chi connectivity index (χ3n) is 7.87. The summed E-state index contributed by atoms with van der Waals surface area (Å²) in [5, 5.41) is 9.08. The van der Waals surface area contributed by atoms with Gasteiger partial charge in [-0.2, -0.15) is 0 Å². The smallest absolute Gasteiger partial charge is 0.266 e. The predicted molar refractivity (Wildman–Crippen MR) is 183 cm³/mol. The summed E-state index contributed by atoms with van der Waals surface area (Å²) in [5.74, 6) is 2.14. The molecule has 0 spiro atoms. The van der Waals surface area contributed by atoms with Gasteiger partial charge in [0.15, 0.2) is 11.6 Å². The van der Waals surface area contributed by atoms with Crippen molar-refractivity contribution in [1.82, 2.24) is 10.9 Å². The Hall–Kier alpha value is -5.12. The number of amides is 1. The zero-order valence-electron chi connectivity index (χ0n) is 26.7. The van der Waals surface area contributed by atoms with E-state index in [0.717, 1.165) is 22.4 Å². The van der Waals surface area contributed by atoms with Crippen molar-refractivity contribution in [3.05, 3.63) is 131 Å². The normalized spacial score (nSPS) is 17.2. The molecule has 244 valence electrons. The molecule has 0 unspecified atom stereocenters. The highest BCUT2D eigenvalue weighted by atomic mass is 16.5. The van der Waals surface area contributed by atoms with Crippen molar-refractivity contribution >= 4 is 17.9 Å². The van der Waals surface area contributed by atoms with Gasteiger partial charge in [0.1, 0.15) is 17.2 Å². The molecule has 0 aliphatic carbocycles. The average molecular weight is 636 g/mol. The lowest BCUT2D eigenvalue weighted by Crippen LogP contribution is -2.52. The Morgan fingerprint density at radius 1 is 0.915 bits per heavy atom. The van der Waals surface area contributed by atoms with E-state index in [-0.39, 0.29) is 18.9 Å². The van der Waals surface area contributed by atoms with Gasteiger partial charge in [-0.1, -0.05) is 66.7 Å². The fraction of sp³-hybridized carbons (Fsp3) is 0.263. The summed E-state index contributed by atoms with van der Waals surface area (Å²) in [5.41, 5.74) is 8.29. The molecule has 9 nitrogen and oxygen atoms in total. The first-order valence-electron chi connectivity index (χ1n) is 15.7. The predicted octanol–water partition coefficient (Wildman–Crippen LogP) is 5.69. The lowest BCUT2D eigenvalue weighted by molar-refractivity contribution is -0.129. The Labute approximate surface area is 275 Å². The maximum atomic E-state index is 14.3. The number of hydrazine groups is 1. The minimum absolute atomic E-state index is 0.0631. The highest BCUT2D eigenvalue weighted by Gasteiger charge is 2.52. The molecule has 0 bridgehead atoms. The number of hydrogen-bond acceptors (Lipinski definition) is 8. The molecule has 0 fully saturated rings. The van der Waals surface area contributed by atoms with Crippen LogP contribution in [0.1, 0.15) is 41.2 Å². The van der Waals surface area contributed by atoms with Gasteiger partial charge in [0, 0.05) is 31.6 Å². The van der Waals surface area contributed by atoms with Gasteiger partial charge in [-0.05, 0) is 71.6 Å². The molecule has 1 amide bonds. The van der Waals surface area contributed by atoms with Crippen molar-refractivity contribution in [2.45, 2.75) is 30.9 Å². The summed E-state index contributed by atoms with van der Waals surface area (Å²) in [4.78, 5) is 19.4. The number of carbonyl (C=O) groups is 1. The minimum atomic E-state index is -1.35. The van der Waals surface area contributed by atoms with E-state index in [1.807, 2.05) is 115 Å². The highest BCUT2D eigenvalue weighted by molar-refractivity contribution is 6.01. The van der Waals surface area contributed by atoms with Gasteiger partial charge < -0.3 is 24.1 Å². The van der Waals surface area contributed by atoms with Crippen molar-refractivity contribution in [1.29, 1.82) is 0 Å². The molecular weight excluding hydrogens is 594 g/mol. The Kier molecular flexibility index (Phi) is 11.6. The number of hydrogen-bond donors (Lipinski definition) is 3. The van der Waals surface area contributed by atoms with Crippen molar-refractivity contribution in [2.24, 2.45) is 4.99 Å². The molecule has 1 heterocycles. The zero-order valence-corrected chi connectivity index (χ0v) is 26.7. The number of rotatable bonds is 16. The zero-order chi connectivity index (χ0) is 32.9. The van der Waals surface area contributed by atoms with E-state index in [2.05, 4.69) is 10.9 Å². The first-order valence-corrected chi connectivity index (χ1v) is 15.7. The Morgan fingerprint density at radius 2 is 1.66 bits per heavy atom. The molecule has 1 aliphatic heterocycles. The van der Waals surface area contributed by atoms with Crippen molar-refractivity contribution in [3.63, 3.8) is 0 Å². The molecule has 4 aromatic rings. The standard InChI is InChI=1S/C38H41N3O6/c1-44-32-18-14-29(15-19-32)22-24-39-41-37(43)38(23-7-11-28-9-4-3-5-10-28)35(31-12-6-13-34(27-31)45-2)47-36(40-38)30-16-20-33(21-17-30)46-26-8-25-42/h3-7,9-21,27,35,39,42H,8,22-26H2,1-2H3,(H,41,43)/b11-7+/t35-,38-/m0/s1. The molecule has 47 heavy (non-hydrogen) atoms. The average Bonchev–Trinajstić information content (AvgIpc) is 3.52. The van der Waals surface area contributed by atoms with Crippen LogP contribution in [0.25, 0.3) is 6.08 Å². The summed E-state index contributed by atoms with van der Waals surface area (Å²) in [6.45, 7) is 0.980. The monoisotopic (exact) mass is 635 g/mol. The fourth-order valence-electron chi connectivity index (χ4n) is 5.31. The summed E-state index contributed by atoms with van der Waals surface area (Å²) in [6, 6.07) is 32.7. The summed E-state index contributed by atoms with van der Waals surface area (Å²) in [6.07, 6.45) is 4.71. The second-order valence-electron chi connectivity index (χ2n) is 11.1. The molecule has 0 aromatic heterocycles. The first kappa shape index (κ1) is 33.2. The highest BCUT2D eigenvalue weighted by Crippen LogP contribution is 2.43. The Balaban J connectivity index is 1.45. The molecule has 4 aromatic carbocycles. The van der Waals surface area contributed by atoms with E-state index in [1.165, 1.54) is 0 Å². The number of methoxy groups -OCH3 is 2. The molecule has 3 N–H and O–H groups in total. The van der Waals surface area contributed by atoms with Crippen molar-refractivity contribution in [3.8, 4) is 17.2 Å². The van der Waals surface area contributed by atoms with Crippen LogP contribution in [0.2, 0.25) is 0 Å². The molecule has 5 rings (SSSR count). The second kappa shape index (κ2) is 16.4. The third-order valence-corrected chi connectivity index (χ3v) is 7.87. The second-order valence-corrected chi connectivity index (χ2v) is 11.1. The number of aliphatic hydroxyl groups is 1. The largest absolute Gasteiger partial charge is 0.497 e. The van der Waals surface area contributed by atoms with Crippen molar-refractivity contribution in [2.75, 3.05) is 34.0 Å². The SMILES string of the molecule is COc1ccc(CCNNC(=O)[C@@]2(C/C=C/c3ccccc3)N=C(c3ccc(OCCCO)cc3)O[C@H]2c2cccc(OC)c2)cc1. The van der Waals surface area contributed by atoms with Gasteiger partial charge in [0.2, 0.25) is 5.90 Å². The molecular formula is C38H41N3O6. The number of carbonyl (C=O) groups excluding carboxylic acids is 1. The van der Waals surface area contributed by atoms with Gasteiger partial charge >= 0.3 is 0 Å². The maximum absolute atomic E-state index is 14.3.